The topological polar surface area (TPSA) is 95.5 Å². The van der Waals surface area contributed by atoms with E-state index in [1.807, 2.05) is 0 Å². The SMILES string of the molecule is CC(CNC(=O)Nc1ccc(F)cc1C(=O)O)S(C)=O. The third-order valence-electron chi connectivity index (χ3n) is 2.58. The average Bonchev–Trinajstić information content (AvgIpc) is 2.37. The lowest BCUT2D eigenvalue weighted by Gasteiger charge is -2.12. The second kappa shape index (κ2) is 6.99. The minimum absolute atomic E-state index is 0.0123. The van der Waals surface area contributed by atoms with E-state index < -0.39 is 28.6 Å². The molecule has 0 aliphatic carbocycles. The number of halogens is 1. The number of benzene rings is 1. The molecule has 0 bridgehead atoms. The second-order valence-electron chi connectivity index (χ2n) is 4.14. The molecule has 3 N–H and O–H groups in total. The quantitative estimate of drug-likeness (QED) is 0.766. The van der Waals surface area contributed by atoms with Gasteiger partial charge in [0.05, 0.1) is 11.3 Å². The Morgan fingerprint density at radius 1 is 1.45 bits per heavy atom. The van der Waals surface area contributed by atoms with E-state index in [2.05, 4.69) is 10.6 Å². The number of carboxylic acids is 1. The summed E-state index contributed by atoms with van der Waals surface area (Å²) < 4.78 is 24.1. The fourth-order valence-electron chi connectivity index (χ4n) is 1.32. The van der Waals surface area contributed by atoms with Crippen LogP contribution in [0, 0.1) is 5.82 Å². The zero-order chi connectivity index (χ0) is 15.3. The monoisotopic (exact) mass is 302 g/mol. The number of urea groups is 1. The Balaban J connectivity index is 2.71. The highest BCUT2D eigenvalue weighted by molar-refractivity contribution is 7.84. The Labute approximate surface area is 117 Å². The number of nitrogens with one attached hydrogen (secondary N) is 2. The highest BCUT2D eigenvalue weighted by atomic mass is 32.2. The largest absolute Gasteiger partial charge is 0.478 e. The molecule has 20 heavy (non-hydrogen) atoms. The van der Waals surface area contributed by atoms with Crippen LogP contribution in [-0.2, 0) is 10.8 Å². The lowest BCUT2D eigenvalue weighted by molar-refractivity contribution is 0.0697. The van der Waals surface area contributed by atoms with Gasteiger partial charge in [-0.1, -0.05) is 0 Å². The summed E-state index contributed by atoms with van der Waals surface area (Å²) in [6, 6.07) is 2.39. The Kier molecular flexibility index (Phi) is 5.63. The zero-order valence-electron chi connectivity index (χ0n) is 11.0. The van der Waals surface area contributed by atoms with Gasteiger partial charge in [-0.05, 0) is 25.1 Å². The lowest BCUT2D eigenvalue weighted by atomic mass is 10.2. The number of aromatic carboxylic acids is 1. The molecule has 0 aromatic heterocycles. The summed E-state index contributed by atoms with van der Waals surface area (Å²) in [6.45, 7) is 1.88. The minimum atomic E-state index is -1.34. The fraction of sp³-hybridized carbons (Fsp3) is 0.333. The van der Waals surface area contributed by atoms with E-state index >= 15 is 0 Å². The zero-order valence-corrected chi connectivity index (χ0v) is 11.8. The molecule has 0 heterocycles. The number of anilines is 1. The van der Waals surface area contributed by atoms with Crippen molar-refractivity contribution < 1.29 is 23.3 Å². The Morgan fingerprint density at radius 3 is 2.65 bits per heavy atom. The van der Waals surface area contributed by atoms with Crippen LogP contribution in [0.25, 0.3) is 0 Å². The van der Waals surface area contributed by atoms with Gasteiger partial charge in [0.2, 0.25) is 0 Å². The number of amides is 2. The summed E-state index contributed by atoms with van der Waals surface area (Å²) >= 11 is 0. The van der Waals surface area contributed by atoms with Gasteiger partial charge in [0.1, 0.15) is 5.82 Å². The van der Waals surface area contributed by atoms with Gasteiger partial charge in [-0.15, -0.1) is 0 Å². The van der Waals surface area contributed by atoms with Crippen molar-refractivity contribution >= 4 is 28.5 Å². The maximum Gasteiger partial charge on any atom is 0.337 e. The molecule has 2 atom stereocenters. The molecule has 0 fully saturated rings. The third-order valence-corrected chi connectivity index (χ3v) is 3.88. The predicted molar refractivity (Wildman–Crippen MR) is 73.9 cm³/mol. The van der Waals surface area contributed by atoms with Crippen molar-refractivity contribution in [1.29, 1.82) is 0 Å². The summed E-state index contributed by atoms with van der Waals surface area (Å²) in [7, 11) is -1.07. The first kappa shape index (κ1) is 16.1. The Hall–Kier alpha value is -1.96. The molecule has 2 unspecified atom stereocenters. The van der Waals surface area contributed by atoms with Gasteiger partial charge >= 0.3 is 12.0 Å². The van der Waals surface area contributed by atoms with Crippen LogP contribution in [-0.4, -0.2) is 39.4 Å². The molecule has 8 heteroatoms. The molecule has 0 spiro atoms. The first-order chi connectivity index (χ1) is 9.31. The van der Waals surface area contributed by atoms with Crippen LogP contribution in [0.4, 0.5) is 14.9 Å². The summed E-state index contributed by atoms with van der Waals surface area (Å²) in [6.07, 6.45) is 1.52. The molecule has 1 aromatic rings. The molecule has 0 saturated heterocycles. The van der Waals surface area contributed by atoms with Crippen molar-refractivity contribution in [1.82, 2.24) is 5.32 Å². The Morgan fingerprint density at radius 2 is 2.10 bits per heavy atom. The first-order valence-electron chi connectivity index (χ1n) is 5.71. The summed E-state index contributed by atoms with van der Waals surface area (Å²) in [5, 5.41) is 13.5. The molecule has 0 radical (unpaired) electrons. The van der Waals surface area contributed by atoms with E-state index in [9.17, 15) is 18.2 Å². The average molecular weight is 302 g/mol. The highest BCUT2D eigenvalue weighted by Gasteiger charge is 2.14. The van der Waals surface area contributed by atoms with Gasteiger partial charge in [-0.3, -0.25) is 4.21 Å². The molecule has 110 valence electrons. The van der Waals surface area contributed by atoms with Crippen LogP contribution in [0.2, 0.25) is 0 Å². The molecule has 1 rings (SSSR count). The molecular weight excluding hydrogens is 287 g/mol. The molecule has 0 aliphatic heterocycles. The molecule has 2 amide bonds. The van der Waals surface area contributed by atoms with Crippen LogP contribution in [0.5, 0.6) is 0 Å². The molecule has 0 saturated carbocycles. The maximum absolute atomic E-state index is 13.0. The van der Waals surface area contributed by atoms with Gasteiger partial charge < -0.3 is 15.7 Å². The number of hydrogen-bond acceptors (Lipinski definition) is 3. The summed E-state index contributed by atoms with van der Waals surface area (Å²) in [5.41, 5.74) is -0.353. The number of rotatable bonds is 5. The van der Waals surface area contributed by atoms with Crippen LogP contribution in [0.15, 0.2) is 18.2 Å². The van der Waals surface area contributed by atoms with Gasteiger partial charge in [-0.25, -0.2) is 14.0 Å². The number of carboxylic acid groups (broad SMARTS) is 1. The standard InChI is InChI=1S/C12H15FN2O4S/c1-7(20(2)19)6-14-12(18)15-10-4-3-8(13)5-9(10)11(16)17/h3-5,7H,6H2,1-2H3,(H,16,17)(H2,14,15,18). The molecular formula is C12H15FN2O4S. The van der Waals surface area contributed by atoms with E-state index in [-0.39, 0.29) is 23.0 Å². The minimum Gasteiger partial charge on any atom is -0.478 e. The lowest BCUT2D eigenvalue weighted by Crippen LogP contribution is -2.35. The van der Waals surface area contributed by atoms with Crippen molar-refractivity contribution in [3.05, 3.63) is 29.6 Å². The van der Waals surface area contributed by atoms with Crippen molar-refractivity contribution in [2.45, 2.75) is 12.2 Å². The van der Waals surface area contributed by atoms with Crippen LogP contribution >= 0.6 is 0 Å². The van der Waals surface area contributed by atoms with E-state index in [4.69, 9.17) is 5.11 Å². The first-order valence-corrected chi connectivity index (χ1v) is 7.33. The normalized spacial score (nSPS) is 13.3. The van der Waals surface area contributed by atoms with E-state index in [0.29, 0.717) is 0 Å². The van der Waals surface area contributed by atoms with Crippen LogP contribution in [0.1, 0.15) is 17.3 Å². The molecule has 6 nitrogen and oxygen atoms in total. The summed E-state index contributed by atoms with van der Waals surface area (Å²) in [5.74, 6) is -2.05. The molecule has 1 aromatic carbocycles. The van der Waals surface area contributed by atoms with Crippen LogP contribution in [0.3, 0.4) is 0 Å². The van der Waals surface area contributed by atoms with Gasteiger partial charge in [-0.2, -0.15) is 0 Å². The van der Waals surface area contributed by atoms with Crippen molar-refractivity contribution in [3.63, 3.8) is 0 Å². The van der Waals surface area contributed by atoms with Gasteiger partial charge in [0.25, 0.3) is 0 Å². The van der Waals surface area contributed by atoms with Crippen molar-refractivity contribution in [2.75, 3.05) is 18.1 Å². The smallest absolute Gasteiger partial charge is 0.337 e. The van der Waals surface area contributed by atoms with Crippen molar-refractivity contribution in [2.24, 2.45) is 0 Å². The van der Waals surface area contributed by atoms with E-state index in [1.54, 1.807) is 6.92 Å². The number of carbonyl (C=O) groups excluding carboxylic acids is 1. The third kappa shape index (κ3) is 4.61. The predicted octanol–water partition coefficient (Wildman–Crippen LogP) is 1.41. The van der Waals surface area contributed by atoms with Gasteiger partial charge in [0.15, 0.2) is 0 Å². The van der Waals surface area contributed by atoms with Crippen LogP contribution < -0.4 is 10.6 Å². The Bertz CT molecular complexity index is 550. The number of hydrogen-bond donors (Lipinski definition) is 3. The summed E-state index contributed by atoms with van der Waals surface area (Å²) in [4.78, 5) is 22.5. The van der Waals surface area contributed by atoms with Gasteiger partial charge in [0, 0.05) is 28.9 Å². The second-order valence-corrected chi connectivity index (χ2v) is 5.94. The maximum atomic E-state index is 13.0. The highest BCUT2D eigenvalue weighted by Crippen LogP contribution is 2.16. The molecule has 0 aliphatic rings. The van der Waals surface area contributed by atoms with E-state index in [1.165, 1.54) is 12.3 Å². The van der Waals surface area contributed by atoms with E-state index in [0.717, 1.165) is 12.1 Å². The fourth-order valence-corrected chi connectivity index (χ4v) is 1.64. The number of carbonyl (C=O) groups is 2. The van der Waals surface area contributed by atoms with Crippen molar-refractivity contribution in [3.8, 4) is 0 Å².